The van der Waals surface area contributed by atoms with Crippen molar-refractivity contribution in [1.29, 1.82) is 0 Å². The Morgan fingerprint density at radius 2 is 2.08 bits per heavy atom. The Hall–Kier alpha value is -2.25. The van der Waals surface area contributed by atoms with Gasteiger partial charge in [-0.05, 0) is 24.5 Å². The second kappa shape index (κ2) is 6.81. The minimum absolute atomic E-state index is 0.0896. The number of carbonyl (C=O) groups is 3. The lowest BCUT2D eigenvalue weighted by molar-refractivity contribution is -0.136. The molecule has 2 saturated heterocycles. The Balaban J connectivity index is 1.55. The fraction of sp³-hybridized carbons (Fsp3) is 0.526. The van der Waals surface area contributed by atoms with Crippen LogP contribution in [0.25, 0.3) is 0 Å². The van der Waals surface area contributed by atoms with Crippen LogP contribution in [0.2, 0.25) is 0 Å². The van der Waals surface area contributed by atoms with Crippen molar-refractivity contribution in [3.05, 3.63) is 34.9 Å². The van der Waals surface area contributed by atoms with Gasteiger partial charge in [0, 0.05) is 50.7 Å². The Labute approximate surface area is 152 Å². The summed E-state index contributed by atoms with van der Waals surface area (Å²) in [4.78, 5) is 40.6. The summed E-state index contributed by atoms with van der Waals surface area (Å²) >= 11 is 0. The summed E-state index contributed by atoms with van der Waals surface area (Å²) < 4.78 is 0. The molecule has 1 aromatic carbocycles. The highest BCUT2D eigenvalue weighted by molar-refractivity contribution is 6.05. The van der Waals surface area contributed by atoms with E-state index in [2.05, 4.69) is 22.5 Å². The highest BCUT2D eigenvalue weighted by Gasteiger charge is 2.40. The molecule has 4 rings (SSSR count). The number of rotatable bonds is 3. The molecule has 7 heteroatoms. The third-order valence-corrected chi connectivity index (χ3v) is 5.49. The number of amides is 3. The van der Waals surface area contributed by atoms with E-state index < -0.39 is 6.04 Å². The van der Waals surface area contributed by atoms with E-state index in [0.717, 1.165) is 42.9 Å². The molecule has 7 nitrogen and oxygen atoms in total. The van der Waals surface area contributed by atoms with Crippen LogP contribution < -0.4 is 10.6 Å². The lowest BCUT2D eigenvalue weighted by Gasteiger charge is -2.32. The van der Waals surface area contributed by atoms with Crippen LogP contribution in [-0.2, 0) is 22.7 Å². The zero-order valence-corrected chi connectivity index (χ0v) is 15.0. The monoisotopic (exact) mass is 356 g/mol. The van der Waals surface area contributed by atoms with E-state index in [0.29, 0.717) is 19.0 Å². The molecular weight excluding hydrogens is 332 g/mol. The Morgan fingerprint density at radius 1 is 1.23 bits per heavy atom. The van der Waals surface area contributed by atoms with Gasteiger partial charge in [-0.15, -0.1) is 0 Å². The van der Waals surface area contributed by atoms with Gasteiger partial charge in [0.1, 0.15) is 6.04 Å². The van der Waals surface area contributed by atoms with Crippen LogP contribution in [-0.4, -0.2) is 59.2 Å². The molecule has 26 heavy (non-hydrogen) atoms. The van der Waals surface area contributed by atoms with E-state index in [1.165, 1.54) is 0 Å². The predicted octanol–water partition coefficient (Wildman–Crippen LogP) is 0.241. The number of nitrogens with one attached hydrogen (secondary N) is 2. The third-order valence-electron chi connectivity index (χ3n) is 5.49. The Bertz CT molecular complexity index is 763. The molecule has 0 aromatic heterocycles. The smallest absolute Gasteiger partial charge is 0.255 e. The quantitative estimate of drug-likeness (QED) is 0.759. The Morgan fingerprint density at radius 3 is 2.85 bits per heavy atom. The molecule has 0 aliphatic carbocycles. The van der Waals surface area contributed by atoms with Gasteiger partial charge in [-0.25, -0.2) is 0 Å². The van der Waals surface area contributed by atoms with Crippen molar-refractivity contribution in [1.82, 2.24) is 20.4 Å². The fourth-order valence-corrected chi connectivity index (χ4v) is 4.22. The minimum Gasteiger partial charge on any atom is -0.322 e. The molecule has 0 radical (unpaired) electrons. The van der Waals surface area contributed by atoms with Gasteiger partial charge in [0.25, 0.3) is 5.91 Å². The summed E-state index contributed by atoms with van der Waals surface area (Å²) in [5.74, 6) is -0.711. The van der Waals surface area contributed by atoms with Crippen molar-refractivity contribution in [2.75, 3.05) is 19.6 Å². The first-order valence-corrected chi connectivity index (χ1v) is 9.24. The maximum absolute atomic E-state index is 13.1. The molecule has 3 aliphatic heterocycles. The summed E-state index contributed by atoms with van der Waals surface area (Å²) in [6.07, 6.45) is 0.678. The summed E-state index contributed by atoms with van der Waals surface area (Å²) in [5, 5.41) is 5.78. The van der Waals surface area contributed by atoms with Crippen LogP contribution in [0, 0.1) is 0 Å². The van der Waals surface area contributed by atoms with Gasteiger partial charge in [0.15, 0.2) is 0 Å². The average molecular weight is 356 g/mol. The van der Waals surface area contributed by atoms with Crippen LogP contribution in [0.5, 0.6) is 0 Å². The standard InChI is InChI=1S/C19H24N4O3/c1-12-9-22(8-7-20-12)10-13-3-2-4-14-11-23(19(26)17(13)14)15-5-6-16(24)21-18(15)25/h2-4,12,15,20H,5-11H2,1H3,(H,21,24,25)/t12-,15?/m0/s1. The summed E-state index contributed by atoms with van der Waals surface area (Å²) in [5.41, 5.74) is 2.74. The predicted molar refractivity (Wildman–Crippen MR) is 95.2 cm³/mol. The topological polar surface area (TPSA) is 81.8 Å². The van der Waals surface area contributed by atoms with Gasteiger partial charge in [0.05, 0.1) is 0 Å². The van der Waals surface area contributed by atoms with Crippen LogP contribution in [0.1, 0.15) is 41.3 Å². The van der Waals surface area contributed by atoms with Gasteiger partial charge in [0.2, 0.25) is 11.8 Å². The third kappa shape index (κ3) is 3.12. The lowest BCUT2D eigenvalue weighted by atomic mass is 10.0. The second-order valence-corrected chi connectivity index (χ2v) is 7.44. The zero-order chi connectivity index (χ0) is 18.3. The molecular formula is C19H24N4O3. The molecule has 2 fully saturated rings. The number of imide groups is 1. The van der Waals surface area contributed by atoms with Crippen LogP contribution in [0.3, 0.4) is 0 Å². The van der Waals surface area contributed by atoms with E-state index in [4.69, 9.17) is 0 Å². The molecule has 3 heterocycles. The zero-order valence-electron chi connectivity index (χ0n) is 15.0. The average Bonchev–Trinajstić information content (AvgIpc) is 2.93. The molecule has 0 bridgehead atoms. The SMILES string of the molecule is C[C@H]1CN(Cc2cccc3c2C(=O)N(C2CCC(=O)NC2=O)C3)CCN1. The first-order valence-electron chi connectivity index (χ1n) is 9.24. The van der Waals surface area contributed by atoms with Gasteiger partial charge < -0.3 is 10.2 Å². The highest BCUT2D eigenvalue weighted by Crippen LogP contribution is 2.30. The number of hydrogen-bond acceptors (Lipinski definition) is 5. The number of piperidine rings is 1. The minimum atomic E-state index is -0.556. The number of carbonyl (C=O) groups excluding carboxylic acids is 3. The first-order chi connectivity index (χ1) is 12.5. The summed E-state index contributed by atoms with van der Waals surface area (Å²) in [6, 6.07) is 5.84. The number of benzene rings is 1. The van der Waals surface area contributed by atoms with Crippen LogP contribution in [0.4, 0.5) is 0 Å². The second-order valence-electron chi connectivity index (χ2n) is 7.44. The van der Waals surface area contributed by atoms with Gasteiger partial charge in [-0.1, -0.05) is 18.2 Å². The molecule has 2 atom stereocenters. The molecule has 138 valence electrons. The van der Waals surface area contributed by atoms with Crippen molar-refractivity contribution in [2.24, 2.45) is 0 Å². The molecule has 0 spiro atoms. The van der Waals surface area contributed by atoms with Gasteiger partial charge >= 0.3 is 0 Å². The van der Waals surface area contributed by atoms with Crippen LogP contribution in [0.15, 0.2) is 18.2 Å². The molecule has 1 unspecified atom stereocenters. The molecule has 0 saturated carbocycles. The van der Waals surface area contributed by atoms with Crippen molar-refractivity contribution in [2.45, 2.75) is 44.9 Å². The number of piperazine rings is 1. The molecule has 3 aliphatic rings. The van der Waals surface area contributed by atoms with Crippen molar-refractivity contribution in [3.8, 4) is 0 Å². The van der Waals surface area contributed by atoms with Crippen molar-refractivity contribution < 1.29 is 14.4 Å². The number of hydrogen-bond donors (Lipinski definition) is 2. The molecule has 1 aromatic rings. The summed E-state index contributed by atoms with van der Waals surface area (Å²) in [7, 11) is 0. The first kappa shape index (κ1) is 17.2. The largest absolute Gasteiger partial charge is 0.322 e. The Kier molecular flexibility index (Phi) is 4.50. The van der Waals surface area contributed by atoms with E-state index >= 15 is 0 Å². The lowest BCUT2D eigenvalue weighted by Crippen LogP contribution is -2.52. The maximum Gasteiger partial charge on any atom is 0.255 e. The molecule has 2 N–H and O–H groups in total. The van der Waals surface area contributed by atoms with Crippen molar-refractivity contribution >= 4 is 17.7 Å². The van der Waals surface area contributed by atoms with E-state index in [-0.39, 0.29) is 24.1 Å². The van der Waals surface area contributed by atoms with E-state index in [1.54, 1.807) is 4.90 Å². The number of fused-ring (bicyclic) bond motifs is 1. The fourth-order valence-electron chi connectivity index (χ4n) is 4.22. The van der Waals surface area contributed by atoms with Crippen molar-refractivity contribution in [3.63, 3.8) is 0 Å². The maximum atomic E-state index is 13.1. The highest BCUT2D eigenvalue weighted by atomic mass is 16.2. The molecule has 3 amide bonds. The van der Waals surface area contributed by atoms with Gasteiger partial charge in [-0.3, -0.25) is 24.6 Å². The van der Waals surface area contributed by atoms with Gasteiger partial charge in [-0.2, -0.15) is 0 Å². The normalized spacial score (nSPS) is 26.8. The summed E-state index contributed by atoms with van der Waals surface area (Å²) in [6.45, 7) is 6.20. The number of nitrogens with zero attached hydrogens (tertiary/aromatic N) is 2. The van der Waals surface area contributed by atoms with Crippen LogP contribution >= 0.6 is 0 Å². The van der Waals surface area contributed by atoms with E-state index in [1.807, 2.05) is 18.2 Å². The van der Waals surface area contributed by atoms with E-state index in [9.17, 15) is 14.4 Å².